The molecular formula is C15H23N3. The molecule has 18 heavy (non-hydrogen) atoms. The normalized spacial score (nSPS) is 11.6. The second-order valence-corrected chi connectivity index (χ2v) is 5.03. The maximum Gasteiger partial charge on any atom is 0.0483 e. The van der Waals surface area contributed by atoms with Gasteiger partial charge in [-0.2, -0.15) is 0 Å². The third-order valence-electron chi connectivity index (χ3n) is 3.67. The van der Waals surface area contributed by atoms with E-state index in [-0.39, 0.29) is 0 Å². The summed E-state index contributed by atoms with van der Waals surface area (Å²) >= 11 is 0. The molecule has 0 fully saturated rings. The molecule has 0 amide bonds. The lowest BCUT2D eigenvalue weighted by Crippen LogP contribution is -2.22. The van der Waals surface area contributed by atoms with Gasteiger partial charge >= 0.3 is 0 Å². The van der Waals surface area contributed by atoms with Crippen molar-refractivity contribution in [2.75, 3.05) is 20.1 Å². The summed E-state index contributed by atoms with van der Waals surface area (Å²) in [5.74, 6) is 0. The number of nitrogens with two attached hydrogens (primary N) is 1. The van der Waals surface area contributed by atoms with E-state index in [1.165, 1.54) is 22.2 Å². The summed E-state index contributed by atoms with van der Waals surface area (Å²) < 4.78 is 2.31. The standard InChI is InChI=1S/C15H23N3/c1-12-13-7-4-5-8-14(13)18(3)15(12)11-17(2)10-6-9-16/h4-5,7-8H,6,9-11,16H2,1-3H3. The van der Waals surface area contributed by atoms with E-state index in [4.69, 9.17) is 5.73 Å². The highest BCUT2D eigenvalue weighted by Crippen LogP contribution is 2.25. The molecule has 1 aromatic carbocycles. The van der Waals surface area contributed by atoms with Crippen LogP contribution in [0, 0.1) is 6.92 Å². The Kier molecular flexibility index (Phi) is 4.04. The predicted molar refractivity (Wildman–Crippen MR) is 77.7 cm³/mol. The van der Waals surface area contributed by atoms with E-state index in [0.717, 1.165) is 26.1 Å². The van der Waals surface area contributed by atoms with E-state index in [0.29, 0.717) is 0 Å². The summed E-state index contributed by atoms with van der Waals surface area (Å²) in [5.41, 5.74) is 9.67. The zero-order valence-corrected chi connectivity index (χ0v) is 11.6. The fourth-order valence-corrected chi connectivity index (χ4v) is 2.56. The molecule has 0 saturated heterocycles. The van der Waals surface area contributed by atoms with Crippen molar-refractivity contribution in [2.24, 2.45) is 12.8 Å². The lowest BCUT2D eigenvalue weighted by Gasteiger charge is -2.17. The largest absolute Gasteiger partial charge is 0.346 e. The summed E-state index contributed by atoms with van der Waals surface area (Å²) in [4.78, 5) is 2.34. The van der Waals surface area contributed by atoms with Gasteiger partial charge in [-0.15, -0.1) is 0 Å². The van der Waals surface area contributed by atoms with Crippen LogP contribution in [0.3, 0.4) is 0 Å². The van der Waals surface area contributed by atoms with E-state index < -0.39 is 0 Å². The Morgan fingerprint density at radius 3 is 2.67 bits per heavy atom. The number of aromatic nitrogens is 1. The van der Waals surface area contributed by atoms with Crippen molar-refractivity contribution in [3.05, 3.63) is 35.5 Å². The fraction of sp³-hybridized carbons (Fsp3) is 0.467. The Bertz CT molecular complexity index is 489. The molecule has 0 bridgehead atoms. The molecule has 0 atom stereocenters. The van der Waals surface area contributed by atoms with Crippen molar-refractivity contribution >= 4 is 10.9 Å². The summed E-state index contributed by atoms with van der Waals surface area (Å²) in [6.45, 7) is 5.02. The molecule has 0 unspecified atom stereocenters. The first-order valence-corrected chi connectivity index (χ1v) is 6.56. The summed E-state index contributed by atoms with van der Waals surface area (Å²) in [7, 11) is 4.31. The molecule has 0 aliphatic heterocycles. The van der Waals surface area contributed by atoms with E-state index in [1.54, 1.807) is 0 Å². The number of hydrogen-bond acceptors (Lipinski definition) is 2. The number of benzene rings is 1. The molecule has 1 heterocycles. The molecule has 0 radical (unpaired) electrons. The van der Waals surface area contributed by atoms with Crippen LogP contribution in [0.1, 0.15) is 17.7 Å². The third-order valence-corrected chi connectivity index (χ3v) is 3.67. The van der Waals surface area contributed by atoms with Crippen LogP contribution in [-0.4, -0.2) is 29.6 Å². The Hall–Kier alpha value is -1.32. The van der Waals surface area contributed by atoms with Crippen molar-refractivity contribution in [2.45, 2.75) is 19.9 Å². The van der Waals surface area contributed by atoms with Crippen LogP contribution in [0.15, 0.2) is 24.3 Å². The number of hydrogen-bond donors (Lipinski definition) is 1. The second-order valence-electron chi connectivity index (χ2n) is 5.03. The monoisotopic (exact) mass is 245 g/mol. The highest BCUT2D eigenvalue weighted by atomic mass is 15.1. The summed E-state index contributed by atoms with van der Waals surface area (Å²) in [5, 5.41) is 1.36. The number of para-hydroxylation sites is 1. The van der Waals surface area contributed by atoms with Gasteiger partial charge in [0.25, 0.3) is 0 Å². The molecule has 2 rings (SSSR count). The SMILES string of the molecule is Cc1c(CN(C)CCCN)n(C)c2ccccc12. The van der Waals surface area contributed by atoms with Crippen LogP contribution in [0.2, 0.25) is 0 Å². The van der Waals surface area contributed by atoms with Crippen molar-refractivity contribution in [3.63, 3.8) is 0 Å². The smallest absolute Gasteiger partial charge is 0.0483 e. The van der Waals surface area contributed by atoms with Crippen molar-refractivity contribution < 1.29 is 0 Å². The first kappa shape index (κ1) is 13.1. The third kappa shape index (κ3) is 2.42. The zero-order valence-electron chi connectivity index (χ0n) is 11.6. The molecule has 2 aromatic rings. The fourth-order valence-electron chi connectivity index (χ4n) is 2.56. The van der Waals surface area contributed by atoms with E-state index in [9.17, 15) is 0 Å². The Morgan fingerprint density at radius 2 is 2.00 bits per heavy atom. The van der Waals surface area contributed by atoms with E-state index in [1.807, 2.05) is 0 Å². The lowest BCUT2D eigenvalue weighted by molar-refractivity contribution is 0.316. The van der Waals surface area contributed by atoms with Gasteiger partial charge in [0.15, 0.2) is 0 Å². The number of fused-ring (bicyclic) bond motifs is 1. The minimum Gasteiger partial charge on any atom is -0.346 e. The van der Waals surface area contributed by atoms with Crippen LogP contribution in [-0.2, 0) is 13.6 Å². The highest BCUT2D eigenvalue weighted by molar-refractivity contribution is 5.85. The molecule has 98 valence electrons. The van der Waals surface area contributed by atoms with Gasteiger partial charge in [-0.3, -0.25) is 0 Å². The number of aryl methyl sites for hydroxylation is 2. The molecule has 3 nitrogen and oxygen atoms in total. The molecule has 1 aromatic heterocycles. The van der Waals surface area contributed by atoms with Gasteiger partial charge in [0.1, 0.15) is 0 Å². The van der Waals surface area contributed by atoms with Crippen molar-refractivity contribution in [1.29, 1.82) is 0 Å². The van der Waals surface area contributed by atoms with Gasteiger partial charge in [0.05, 0.1) is 0 Å². The molecule has 3 heteroatoms. The quantitative estimate of drug-likeness (QED) is 0.877. The molecule has 0 aliphatic rings. The van der Waals surface area contributed by atoms with E-state index in [2.05, 4.69) is 54.8 Å². The molecule has 0 aliphatic carbocycles. The van der Waals surface area contributed by atoms with Crippen molar-refractivity contribution in [3.8, 4) is 0 Å². The first-order valence-electron chi connectivity index (χ1n) is 6.56. The molecular weight excluding hydrogens is 222 g/mol. The minimum atomic E-state index is 0.762. The van der Waals surface area contributed by atoms with Gasteiger partial charge in [0.2, 0.25) is 0 Å². The van der Waals surface area contributed by atoms with Gasteiger partial charge < -0.3 is 15.2 Å². The number of nitrogens with zero attached hydrogens (tertiary/aromatic N) is 2. The number of rotatable bonds is 5. The van der Waals surface area contributed by atoms with Crippen LogP contribution >= 0.6 is 0 Å². The first-order chi connectivity index (χ1) is 8.65. The van der Waals surface area contributed by atoms with Crippen LogP contribution in [0.25, 0.3) is 10.9 Å². The molecule has 2 N–H and O–H groups in total. The zero-order chi connectivity index (χ0) is 13.1. The highest BCUT2D eigenvalue weighted by Gasteiger charge is 2.12. The second kappa shape index (κ2) is 5.55. The van der Waals surface area contributed by atoms with Crippen LogP contribution < -0.4 is 5.73 Å². The van der Waals surface area contributed by atoms with Crippen LogP contribution in [0.4, 0.5) is 0 Å². The molecule has 0 saturated carbocycles. The predicted octanol–water partition coefficient (Wildman–Crippen LogP) is 2.27. The van der Waals surface area contributed by atoms with Gasteiger partial charge in [-0.25, -0.2) is 0 Å². The molecule has 0 spiro atoms. The average molecular weight is 245 g/mol. The topological polar surface area (TPSA) is 34.2 Å². The van der Waals surface area contributed by atoms with Crippen LogP contribution in [0.5, 0.6) is 0 Å². The summed E-state index contributed by atoms with van der Waals surface area (Å²) in [6.07, 6.45) is 1.06. The Balaban J connectivity index is 2.28. The average Bonchev–Trinajstić information content (AvgIpc) is 2.62. The summed E-state index contributed by atoms with van der Waals surface area (Å²) in [6, 6.07) is 8.60. The van der Waals surface area contributed by atoms with Gasteiger partial charge in [-0.05, 0) is 45.1 Å². The minimum absolute atomic E-state index is 0.762. The maximum atomic E-state index is 5.56. The maximum absolute atomic E-state index is 5.56. The van der Waals surface area contributed by atoms with Crippen molar-refractivity contribution in [1.82, 2.24) is 9.47 Å². The van der Waals surface area contributed by atoms with Gasteiger partial charge in [0, 0.05) is 30.2 Å². The van der Waals surface area contributed by atoms with Gasteiger partial charge in [-0.1, -0.05) is 18.2 Å². The Labute approximate surface area is 109 Å². The lowest BCUT2D eigenvalue weighted by atomic mass is 10.1. The Morgan fingerprint density at radius 1 is 1.28 bits per heavy atom. The van der Waals surface area contributed by atoms with E-state index >= 15 is 0 Å².